The zero-order valence-electron chi connectivity index (χ0n) is 15.7. The van der Waals surface area contributed by atoms with Gasteiger partial charge in [-0.25, -0.2) is 0 Å². The average Bonchev–Trinajstić information content (AvgIpc) is 2.69. The highest BCUT2D eigenvalue weighted by atomic mass is 16.5. The number of hydrogen-bond donors (Lipinski definition) is 3. The molecule has 0 bridgehead atoms. The summed E-state index contributed by atoms with van der Waals surface area (Å²) in [7, 11) is 5.14. The van der Waals surface area contributed by atoms with E-state index in [0.717, 1.165) is 29.5 Å². The molecule has 26 heavy (non-hydrogen) atoms. The lowest BCUT2D eigenvalue weighted by Gasteiger charge is -2.13. The minimum atomic E-state index is 0.680. The molecule has 0 spiro atoms. The number of anilines is 1. The van der Waals surface area contributed by atoms with Crippen molar-refractivity contribution in [2.75, 3.05) is 39.7 Å². The highest BCUT2D eigenvalue weighted by Gasteiger charge is 2.01. The van der Waals surface area contributed by atoms with Gasteiger partial charge in [0.25, 0.3) is 0 Å². The van der Waals surface area contributed by atoms with Crippen molar-refractivity contribution in [1.29, 1.82) is 0 Å². The van der Waals surface area contributed by atoms with Gasteiger partial charge in [-0.05, 0) is 35.4 Å². The minimum absolute atomic E-state index is 0.680. The molecule has 0 atom stereocenters. The van der Waals surface area contributed by atoms with Crippen LogP contribution in [0.2, 0.25) is 0 Å². The van der Waals surface area contributed by atoms with Crippen molar-refractivity contribution < 1.29 is 9.47 Å². The lowest BCUT2D eigenvalue weighted by molar-refractivity contribution is 0.211. The van der Waals surface area contributed by atoms with Gasteiger partial charge in [0.05, 0.1) is 13.7 Å². The molecule has 6 nitrogen and oxygen atoms in total. The normalized spacial score (nSPS) is 11.1. The summed E-state index contributed by atoms with van der Waals surface area (Å²) < 4.78 is 10.3. The summed E-state index contributed by atoms with van der Waals surface area (Å²) in [5.41, 5.74) is 3.41. The molecular formula is C20H28N4O2. The van der Waals surface area contributed by atoms with E-state index in [9.17, 15) is 0 Å². The number of ether oxygens (including phenoxy) is 2. The van der Waals surface area contributed by atoms with Crippen LogP contribution in [0.3, 0.4) is 0 Å². The summed E-state index contributed by atoms with van der Waals surface area (Å²) in [5, 5.41) is 9.94. The third-order valence-corrected chi connectivity index (χ3v) is 3.87. The number of nitrogens with zero attached hydrogens (tertiary/aromatic N) is 1. The first-order valence-corrected chi connectivity index (χ1v) is 8.64. The van der Waals surface area contributed by atoms with Crippen LogP contribution >= 0.6 is 0 Å². The summed E-state index contributed by atoms with van der Waals surface area (Å²) >= 11 is 0. The van der Waals surface area contributed by atoms with Crippen LogP contribution < -0.4 is 20.7 Å². The van der Waals surface area contributed by atoms with Crippen molar-refractivity contribution in [2.45, 2.75) is 13.1 Å². The SMILES string of the molecule is CN=C(NCc1ccc(NCCOC)cc1)NCc1cccc(OC)c1. The summed E-state index contributed by atoms with van der Waals surface area (Å²) in [6.45, 7) is 2.88. The van der Waals surface area contributed by atoms with E-state index in [2.05, 4.69) is 51.3 Å². The van der Waals surface area contributed by atoms with Crippen molar-refractivity contribution in [3.8, 4) is 5.75 Å². The molecule has 0 aliphatic heterocycles. The molecule has 0 aliphatic rings. The second kappa shape index (κ2) is 11.0. The van der Waals surface area contributed by atoms with Gasteiger partial charge in [0.1, 0.15) is 5.75 Å². The first kappa shape index (κ1) is 19.6. The molecule has 6 heteroatoms. The predicted molar refractivity (Wildman–Crippen MR) is 107 cm³/mol. The van der Waals surface area contributed by atoms with Crippen LogP contribution in [0.4, 0.5) is 5.69 Å². The molecule has 2 aromatic rings. The van der Waals surface area contributed by atoms with Crippen LogP contribution in [0.5, 0.6) is 5.75 Å². The Hall–Kier alpha value is -2.73. The third kappa shape index (κ3) is 6.64. The van der Waals surface area contributed by atoms with Crippen molar-refractivity contribution in [3.63, 3.8) is 0 Å². The minimum Gasteiger partial charge on any atom is -0.497 e. The average molecular weight is 356 g/mol. The highest BCUT2D eigenvalue weighted by Crippen LogP contribution is 2.12. The molecule has 0 saturated heterocycles. The fourth-order valence-electron chi connectivity index (χ4n) is 2.41. The molecule has 0 aliphatic carbocycles. The van der Waals surface area contributed by atoms with Gasteiger partial charge in [0.2, 0.25) is 0 Å². The highest BCUT2D eigenvalue weighted by molar-refractivity contribution is 5.79. The van der Waals surface area contributed by atoms with Gasteiger partial charge in [0, 0.05) is 39.5 Å². The Labute approximate surface area is 155 Å². The monoisotopic (exact) mass is 356 g/mol. The van der Waals surface area contributed by atoms with E-state index in [1.165, 1.54) is 5.56 Å². The molecular weight excluding hydrogens is 328 g/mol. The van der Waals surface area contributed by atoms with E-state index in [4.69, 9.17) is 9.47 Å². The van der Waals surface area contributed by atoms with Crippen LogP contribution in [-0.2, 0) is 17.8 Å². The van der Waals surface area contributed by atoms with E-state index in [0.29, 0.717) is 19.7 Å². The van der Waals surface area contributed by atoms with Crippen molar-refractivity contribution >= 4 is 11.6 Å². The Morgan fingerprint density at radius 2 is 1.69 bits per heavy atom. The second-order valence-corrected chi connectivity index (χ2v) is 5.75. The predicted octanol–water partition coefficient (Wildman–Crippen LogP) is 2.62. The summed E-state index contributed by atoms with van der Waals surface area (Å²) in [5.74, 6) is 1.61. The van der Waals surface area contributed by atoms with E-state index in [1.54, 1.807) is 21.3 Å². The van der Waals surface area contributed by atoms with Crippen LogP contribution in [0.1, 0.15) is 11.1 Å². The Morgan fingerprint density at radius 1 is 0.962 bits per heavy atom. The molecule has 0 unspecified atom stereocenters. The van der Waals surface area contributed by atoms with Gasteiger partial charge >= 0.3 is 0 Å². The molecule has 0 saturated carbocycles. The summed E-state index contributed by atoms with van der Waals surface area (Å²) in [4.78, 5) is 4.27. The second-order valence-electron chi connectivity index (χ2n) is 5.75. The number of guanidine groups is 1. The Morgan fingerprint density at radius 3 is 2.35 bits per heavy atom. The summed E-state index contributed by atoms with van der Waals surface area (Å²) in [6.07, 6.45) is 0. The van der Waals surface area contributed by atoms with E-state index in [-0.39, 0.29) is 0 Å². The van der Waals surface area contributed by atoms with Gasteiger partial charge in [-0.15, -0.1) is 0 Å². The van der Waals surface area contributed by atoms with Crippen LogP contribution in [-0.4, -0.2) is 40.4 Å². The van der Waals surface area contributed by atoms with Crippen LogP contribution in [0.25, 0.3) is 0 Å². The number of hydrogen-bond acceptors (Lipinski definition) is 4. The van der Waals surface area contributed by atoms with E-state index >= 15 is 0 Å². The van der Waals surface area contributed by atoms with Gasteiger partial charge in [0.15, 0.2) is 5.96 Å². The standard InChI is InChI=1S/C20H28N4O2/c1-21-20(24-15-17-5-4-6-19(13-17)26-3)23-14-16-7-9-18(10-8-16)22-11-12-25-2/h4-10,13,22H,11-12,14-15H2,1-3H3,(H2,21,23,24). The fraction of sp³-hybridized carbons (Fsp3) is 0.350. The maximum atomic E-state index is 5.25. The van der Waals surface area contributed by atoms with Gasteiger partial charge in [-0.3, -0.25) is 4.99 Å². The Kier molecular flexibility index (Phi) is 8.29. The zero-order chi connectivity index (χ0) is 18.6. The van der Waals surface area contributed by atoms with Gasteiger partial charge < -0.3 is 25.4 Å². The van der Waals surface area contributed by atoms with Crippen LogP contribution in [0, 0.1) is 0 Å². The molecule has 2 rings (SSSR count). The number of rotatable bonds is 9. The van der Waals surface area contributed by atoms with Crippen molar-refractivity contribution in [2.24, 2.45) is 4.99 Å². The molecule has 0 aromatic heterocycles. The maximum absolute atomic E-state index is 5.25. The lowest BCUT2D eigenvalue weighted by Crippen LogP contribution is -2.36. The molecule has 0 amide bonds. The molecule has 0 fully saturated rings. The Balaban J connectivity index is 1.79. The maximum Gasteiger partial charge on any atom is 0.191 e. The van der Waals surface area contributed by atoms with E-state index in [1.807, 2.05) is 18.2 Å². The number of aliphatic imine (C=N–C) groups is 1. The molecule has 140 valence electrons. The third-order valence-electron chi connectivity index (χ3n) is 3.87. The van der Waals surface area contributed by atoms with Crippen molar-refractivity contribution in [3.05, 3.63) is 59.7 Å². The lowest BCUT2D eigenvalue weighted by atomic mass is 10.2. The first-order valence-electron chi connectivity index (χ1n) is 8.64. The zero-order valence-corrected chi connectivity index (χ0v) is 15.7. The Bertz CT molecular complexity index is 686. The largest absolute Gasteiger partial charge is 0.497 e. The number of methoxy groups -OCH3 is 2. The topological polar surface area (TPSA) is 66.9 Å². The smallest absolute Gasteiger partial charge is 0.191 e. The summed E-state index contributed by atoms with van der Waals surface area (Å²) in [6, 6.07) is 16.3. The van der Waals surface area contributed by atoms with Crippen molar-refractivity contribution in [1.82, 2.24) is 10.6 Å². The number of nitrogens with one attached hydrogen (secondary N) is 3. The fourth-order valence-corrected chi connectivity index (χ4v) is 2.41. The molecule has 2 aromatic carbocycles. The van der Waals surface area contributed by atoms with E-state index < -0.39 is 0 Å². The molecule has 0 radical (unpaired) electrons. The van der Waals surface area contributed by atoms with Crippen LogP contribution in [0.15, 0.2) is 53.5 Å². The quantitative estimate of drug-likeness (QED) is 0.366. The number of benzene rings is 2. The molecule has 0 heterocycles. The first-order chi connectivity index (χ1) is 12.7. The molecule has 3 N–H and O–H groups in total. The van der Waals surface area contributed by atoms with Gasteiger partial charge in [-0.2, -0.15) is 0 Å². The van der Waals surface area contributed by atoms with Gasteiger partial charge in [-0.1, -0.05) is 24.3 Å².